The van der Waals surface area contributed by atoms with E-state index in [1.807, 2.05) is 0 Å². The van der Waals surface area contributed by atoms with Gasteiger partial charge in [-0.2, -0.15) is 0 Å². The maximum atomic E-state index is 12.3. The van der Waals surface area contributed by atoms with Gasteiger partial charge in [0.2, 0.25) is 5.78 Å². The number of furan rings is 1. The minimum absolute atomic E-state index is 0.157. The Hall–Kier alpha value is -2.13. The van der Waals surface area contributed by atoms with Gasteiger partial charge in [-0.1, -0.05) is 24.2 Å². The molecule has 0 aliphatic heterocycles. The SMILES string of the molecule is C=C1c2ccc(Cl)cc2C(=O)c2oc(C(C)=O)cc21. The first-order chi connectivity index (χ1) is 8.99. The third-order valence-electron chi connectivity index (χ3n) is 3.16. The van der Waals surface area contributed by atoms with Crippen LogP contribution in [0, 0.1) is 0 Å². The second kappa shape index (κ2) is 3.93. The van der Waals surface area contributed by atoms with E-state index in [4.69, 9.17) is 16.0 Å². The van der Waals surface area contributed by atoms with E-state index in [1.165, 1.54) is 6.92 Å². The van der Waals surface area contributed by atoms with E-state index in [0.29, 0.717) is 21.7 Å². The van der Waals surface area contributed by atoms with E-state index >= 15 is 0 Å². The second-order valence-electron chi connectivity index (χ2n) is 4.41. The summed E-state index contributed by atoms with van der Waals surface area (Å²) in [4.78, 5) is 23.7. The minimum Gasteiger partial charge on any atom is -0.449 e. The molecule has 1 aliphatic rings. The molecule has 1 aromatic carbocycles. The number of fused-ring (bicyclic) bond motifs is 2. The Labute approximate surface area is 114 Å². The first kappa shape index (κ1) is 11.9. The van der Waals surface area contributed by atoms with Gasteiger partial charge in [0.05, 0.1) is 0 Å². The van der Waals surface area contributed by atoms with Crippen molar-refractivity contribution in [2.45, 2.75) is 6.92 Å². The molecule has 3 nitrogen and oxygen atoms in total. The highest BCUT2D eigenvalue weighted by Gasteiger charge is 2.31. The molecule has 1 aromatic heterocycles. The Balaban J connectivity index is 2.26. The van der Waals surface area contributed by atoms with Gasteiger partial charge in [0.15, 0.2) is 17.3 Å². The van der Waals surface area contributed by atoms with E-state index < -0.39 is 0 Å². The average molecular weight is 273 g/mol. The van der Waals surface area contributed by atoms with Crippen LogP contribution in [0.1, 0.15) is 44.7 Å². The van der Waals surface area contributed by atoms with Crippen LogP contribution >= 0.6 is 11.6 Å². The highest BCUT2D eigenvalue weighted by Crippen LogP contribution is 2.37. The van der Waals surface area contributed by atoms with Crippen LogP contribution in [0.25, 0.3) is 5.57 Å². The Morgan fingerprint density at radius 3 is 2.63 bits per heavy atom. The van der Waals surface area contributed by atoms with E-state index in [-0.39, 0.29) is 23.1 Å². The summed E-state index contributed by atoms with van der Waals surface area (Å²) in [6.45, 7) is 5.36. The van der Waals surface area contributed by atoms with Gasteiger partial charge in [-0.15, -0.1) is 0 Å². The average Bonchev–Trinajstić information content (AvgIpc) is 2.81. The molecule has 0 N–H and O–H groups in total. The Morgan fingerprint density at radius 1 is 1.21 bits per heavy atom. The predicted octanol–water partition coefficient (Wildman–Crippen LogP) is 3.74. The Morgan fingerprint density at radius 2 is 1.95 bits per heavy atom. The molecule has 1 aliphatic carbocycles. The molecular formula is C15H9ClO3. The molecule has 4 heteroatoms. The van der Waals surface area contributed by atoms with Gasteiger partial charge in [-0.3, -0.25) is 9.59 Å². The summed E-state index contributed by atoms with van der Waals surface area (Å²) in [5, 5.41) is 0.474. The number of ketones is 2. The van der Waals surface area contributed by atoms with Gasteiger partial charge in [-0.25, -0.2) is 0 Å². The largest absolute Gasteiger partial charge is 0.449 e. The van der Waals surface area contributed by atoms with Crippen LogP contribution in [0.2, 0.25) is 5.02 Å². The molecule has 0 fully saturated rings. The fraction of sp³-hybridized carbons (Fsp3) is 0.0667. The quantitative estimate of drug-likeness (QED) is 0.634. The van der Waals surface area contributed by atoms with E-state index in [9.17, 15) is 9.59 Å². The molecule has 0 radical (unpaired) electrons. The molecule has 0 amide bonds. The fourth-order valence-corrected chi connectivity index (χ4v) is 2.36. The number of Topliss-reactive ketones (excluding diaryl/α,β-unsaturated/α-hetero) is 1. The number of benzene rings is 1. The zero-order valence-electron chi connectivity index (χ0n) is 10.1. The van der Waals surface area contributed by atoms with Crippen molar-refractivity contribution in [1.29, 1.82) is 0 Å². The molecule has 1 heterocycles. The number of halogens is 1. The van der Waals surface area contributed by atoms with Crippen LogP contribution in [0.15, 0.2) is 35.3 Å². The smallest absolute Gasteiger partial charge is 0.229 e. The molecule has 3 rings (SSSR count). The lowest BCUT2D eigenvalue weighted by atomic mass is 9.86. The summed E-state index contributed by atoms with van der Waals surface area (Å²) in [7, 11) is 0. The maximum Gasteiger partial charge on any atom is 0.229 e. The van der Waals surface area contributed by atoms with Crippen molar-refractivity contribution in [2.24, 2.45) is 0 Å². The molecule has 0 saturated heterocycles. The second-order valence-corrected chi connectivity index (χ2v) is 4.84. The van der Waals surface area contributed by atoms with Gasteiger partial charge < -0.3 is 4.42 Å². The van der Waals surface area contributed by atoms with Crippen LogP contribution < -0.4 is 0 Å². The molecule has 0 unspecified atom stereocenters. The molecular weight excluding hydrogens is 264 g/mol. The molecule has 2 aromatic rings. The van der Waals surface area contributed by atoms with Crippen molar-refractivity contribution < 1.29 is 14.0 Å². The normalized spacial score (nSPS) is 13.2. The molecule has 0 atom stereocenters. The van der Waals surface area contributed by atoms with Crippen molar-refractivity contribution in [3.8, 4) is 0 Å². The van der Waals surface area contributed by atoms with Gasteiger partial charge in [0, 0.05) is 23.1 Å². The lowest BCUT2D eigenvalue weighted by Gasteiger charge is -2.16. The van der Waals surface area contributed by atoms with Crippen LogP contribution in [-0.2, 0) is 0 Å². The fourth-order valence-electron chi connectivity index (χ4n) is 2.19. The summed E-state index contributed by atoms with van der Waals surface area (Å²) >= 11 is 5.91. The lowest BCUT2D eigenvalue weighted by molar-refractivity contribution is 0.0972. The van der Waals surface area contributed by atoms with Gasteiger partial charge in [0.25, 0.3) is 0 Å². The van der Waals surface area contributed by atoms with Crippen molar-refractivity contribution in [3.05, 3.63) is 64.1 Å². The standard InChI is InChI=1S/C15H9ClO3/c1-7-10-4-3-9(16)5-12(10)14(18)15-11(7)6-13(19-15)8(2)17/h3-6H,1H2,2H3. The molecule has 19 heavy (non-hydrogen) atoms. The molecule has 0 spiro atoms. The van der Waals surface area contributed by atoms with Crippen LogP contribution in [-0.4, -0.2) is 11.6 Å². The molecule has 0 bridgehead atoms. The number of rotatable bonds is 1. The maximum absolute atomic E-state index is 12.3. The number of hydrogen-bond donors (Lipinski definition) is 0. The van der Waals surface area contributed by atoms with Gasteiger partial charge in [0.1, 0.15) is 0 Å². The zero-order chi connectivity index (χ0) is 13.7. The summed E-state index contributed by atoms with van der Waals surface area (Å²) in [5.41, 5.74) is 2.41. The summed E-state index contributed by atoms with van der Waals surface area (Å²) in [5.74, 6) is -0.173. The van der Waals surface area contributed by atoms with Crippen molar-refractivity contribution >= 4 is 28.7 Å². The third kappa shape index (κ3) is 1.66. The third-order valence-corrected chi connectivity index (χ3v) is 3.40. The number of carbonyl (C=O) groups excluding carboxylic acids is 2. The van der Waals surface area contributed by atoms with Crippen molar-refractivity contribution in [2.75, 3.05) is 0 Å². The first-order valence-electron chi connectivity index (χ1n) is 5.67. The van der Waals surface area contributed by atoms with Crippen LogP contribution in [0.5, 0.6) is 0 Å². The number of carbonyl (C=O) groups is 2. The van der Waals surface area contributed by atoms with Gasteiger partial charge >= 0.3 is 0 Å². The van der Waals surface area contributed by atoms with Gasteiger partial charge in [-0.05, 0) is 29.3 Å². The topological polar surface area (TPSA) is 47.3 Å². The van der Waals surface area contributed by atoms with Crippen molar-refractivity contribution in [1.82, 2.24) is 0 Å². The van der Waals surface area contributed by atoms with Crippen molar-refractivity contribution in [3.63, 3.8) is 0 Å². The summed E-state index contributed by atoms with van der Waals surface area (Å²) < 4.78 is 5.34. The summed E-state index contributed by atoms with van der Waals surface area (Å²) in [6, 6.07) is 6.61. The van der Waals surface area contributed by atoms with E-state index in [2.05, 4.69) is 6.58 Å². The number of hydrogen-bond acceptors (Lipinski definition) is 3. The summed E-state index contributed by atoms with van der Waals surface area (Å²) in [6.07, 6.45) is 0. The van der Waals surface area contributed by atoms with E-state index in [1.54, 1.807) is 24.3 Å². The zero-order valence-corrected chi connectivity index (χ0v) is 10.9. The minimum atomic E-state index is -0.271. The monoisotopic (exact) mass is 272 g/mol. The molecule has 0 saturated carbocycles. The highest BCUT2D eigenvalue weighted by molar-refractivity contribution is 6.31. The Bertz CT molecular complexity index is 753. The predicted molar refractivity (Wildman–Crippen MR) is 71.7 cm³/mol. The van der Waals surface area contributed by atoms with Crippen LogP contribution in [0.4, 0.5) is 0 Å². The van der Waals surface area contributed by atoms with Crippen LogP contribution in [0.3, 0.4) is 0 Å². The first-order valence-corrected chi connectivity index (χ1v) is 6.05. The molecule has 94 valence electrons. The highest BCUT2D eigenvalue weighted by atomic mass is 35.5. The lowest BCUT2D eigenvalue weighted by Crippen LogP contribution is -2.11. The Kier molecular flexibility index (Phi) is 2.47. The van der Waals surface area contributed by atoms with E-state index in [0.717, 1.165) is 5.56 Å².